The predicted molar refractivity (Wildman–Crippen MR) is 42.9 cm³/mol. The third-order valence-electron chi connectivity index (χ3n) is 1.78. The van der Waals surface area contributed by atoms with Crippen LogP contribution in [0.4, 0.5) is 0 Å². The Morgan fingerprint density at radius 1 is 1.27 bits per heavy atom. The first kappa shape index (κ1) is 6.45. The molecule has 2 atom stereocenters. The molecule has 0 aromatic heterocycles. The van der Waals surface area contributed by atoms with E-state index in [2.05, 4.69) is 5.92 Å². The fourth-order valence-corrected chi connectivity index (χ4v) is 1.14. The van der Waals surface area contributed by atoms with Crippen LogP contribution in [0.5, 0.6) is 0 Å². The van der Waals surface area contributed by atoms with E-state index in [1.54, 1.807) is 0 Å². The van der Waals surface area contributed by atoms with Crippen LogP contribution in [0.3, 0.4) is 0 Å². The molecule has 54 valence electrons. The first-order chi connectivity index (χ1) is 5.42. The van der Waals surface area contributed by atoms with Gasteiger partial charge in [0, 0.05) is 0 Å². The first-order valence-corrected chi connectivity index (χ1v) is 3.58. The molecule has 1 saturated heterocycles. The lowest BCUT2D eigenvalue weighted by Crippen LogP contribution is -1.82. The predicted octanol–water partition coefficient (Wildman–Crippen LogP) is 1.76. The van der Waals surface area contributed by atoms with Gasteiger partial charge in [0.15, 0.2) is 0 Å². The highest BCUT2D eigenvalue weighted by molar-refractivity contribution is 5.26. The molecule has 1 heteroatoms. The lowest BCUT2D eigenvalue weighted by molar-refractivity contribution is 0.397. The van der Waals surface area contributed by atoms with Crippen molar-refractivity contribution in [3.63, 3.8) is 0 Å². The quantitative estimate of drug-likeness (QED) is 0.432. The summed E-state index contributed by atoms with van der Waals surface area (Å²) in [5.74, 6) is 2.57. The average molecular weight is 144 g/mol. The molecule has 2 rings (SSSR count). The van der Waals surface area contributed by atoms with Crippen molar-refractivity contribution in [1.29, 1.82) is 0 Å². The van der Waals surface area contributed by atoms with E-state index in [1.807, 2.05) is 30.3 Å². The van der Waals surface area contributed by atoms with Crippen LogP contribution in [-0.4, -0.2) is 6.10 Å². The van der Waals surface area contributed by atoms with Gasteiger partial charge in [-0.25, -0.2) is 0 Å². The number of rotatable bonds is 1. The second-order valence-electron chi connectivity index (χ2n) is 2.55. The third kappa shape index (κ3) is 1.13. The Balaban J connectivity index is 2.16. The van der Waals surface area contributed by atoms with Crippen molar-refractivity contribution in [3.05, 3.63) is 35.9 Å². The van der Waals surface area contributed by atoms with Crippen LogP contribution in [0.15, 0.2) is 30.3 Å². The Kier molecular flexibility index (Phi) is 1.41. The Morgan fingerprint density at radius 2 is 2.00 bits per heavy atom. The van der Waals surface area contributed by atoms with Crippen molar-refractivity contribution in [2.75, 3.05) is 0 Å². The molecule has 0 aliphatic carbocycles. The Morgan fingerprint density at radius 3 is 2.55 bits per heavy atom. The summed E-state index contributed by atoms with van der Waals surface area (Å²) in [4.78, 5) is 0. The van der Waals surface area contributed by atoms with Gasteiger partial charge in [0.05, 0.1) is 0 Å². The average Bonchev–Trinajstić information content (AvgIpc) is 2.85. The normalized spacial score (nSPS) is 27.5. The Hall–Kier alpha value is -1.26. The van der Waals surface area contributed by atoms with E-state index < -0.39 is 0 Å². The van der Waals surface area contributed by atoms with Gasteiger partial charge in [0.1, 0.15) is 12.2 Å². The van der Waals surface area contributed by atoms with Gasteiger partial charge in [-0.3, -0.25) is 0 Å². The second kappa shape index (κ2) is 2.41. The van der Waals surface area contributed by atoms with Crippen molar-refractivity contribution >= 4 is 0 Å². The van der Waals surface area contributed by atoms with Crippen LogP contribution in [-0.2, 0) is 4.74 Å². The largest absolute Gasteiger partial charge is 0.351 e. The topological polar surface area (TPSA) is 12.5 Å². The standard InChI is InChI=1S/C10H8O/c1-2-9-10(11-9)8-6-4-3-5-7-8/h1,3-7,9-10H/t9-,10-/m1/s1. The summed E-state index contributed by atoms with van der Waals surface area (Å²) in [5, 5.41) is 0. The number of epoxide rings is 1. The van der Waals surface area contributed by atoms with Gasteiger partial charge in [0.2, 0.25) is 0 Å². The van der Waals surface area contributed by atoms with Crippen molar-refractivity contribution in [1.82, 2.24) is 0 Å². The summed E-state index contributed by atoms with van der Waals surface area (Å²) in [6, 6.07) is 10.0. The molecule has 0 N–H and O–H groups in total. The van der Waals surface area contributed by atoms with Gasteiger partial charge in [-0.05, 0) is 5.56 Å². The molecular formula is C10H8O. The number of terminal acetylenes is 1. The van der Waals surface area contributed by atoms with Gasteiger partial charge < -0.3 is 4.74 Å². The molecule has 1 aliphatic rings. The molecule has 0 bridgehead atoms. The van der Waals surface area contributed by atoms with Crippen LogP contribution >= 0.6 is 0 Å². The van der Waals surface area contributed by atoms with E-state index >= 15 is 0 Å². The molecule has 0 radical (unpaired) electrons. The molecule has 1 aliphatic heterocycles. The van der Waals surface area contributed by atoms with Crippen molar-refractivity contribution < 1.29 is 4.74 Å². The molecule has 0 amide bonds. The maximum absolute atomic E-state index is 5.22. The molecule has 1 nitrogen and oxygen atoms in total. The summed E-state index contributed by atoms with van der Waals surface area (Å²) >= 11 is 0. The number of benzene rings is 1. The summed E-state index contributed by atoms with van der Waals surface area (Å²) in [6.07, 6.45) is 5.35. The van der Waals surface area contributed by atoms with Crippen LogP contribution in [0.25, 0.3) is 0 Å². The Labute approximate surface area is 66.0 Å². The molecular weight excluding hydrogens is 136 g/mol. The summed E-state index contributed by atoms with van der Waals surface area (Å²) < 4.78 is 5.22. The maximum Gasteiger partial charge on any atom is 0.149 e. The minimum Gasteiger partial charge on any atom is -0.351 e. The van der Waals surface area contributed by atoms with E-state index in [9.17, 15) is 0 Å². The van der Waals surface area contributed by atoms with Gasteiger partial charge in [-0.15, -0.1) is 6.42 Å². The minimum absolute atomic E-state index is 0.0115. The third-order valence-corrected chi connectivity index (χ3v) is 1.78. The van der Waals surface area contributed by atoms with Gasteiger partial charge in [-0.2, -0.15) is 0 Å². The summed E-state index contributed by atoms with van der Waals surface area (Å²) in [7, 11) is 0. The molecule has 1 aromatic rings. The Bertz CT molecular complexity index is 283. The summed E-state index contributed by atoms with van der Waals surface area (Å²) in [5.41, 5.74) is 1.18. The lowest BCUT2D eigenvalue weighted by Gasteiger charge is -1.90. The fraction of sp³-hybridized carbons (Fsp3) is 0.200. The van der Waals surface area contributed by atoms with Crippen molar-refractivity contribution in [2.45, 2.75) is 12.2 Å². The number of ether oxygens (including phenoxy) is 1. The van der Waals surface area contributed by atoms with Gasteiger partial charge in [0.25, 0.3) is 0 Å². The van der Waals surface area contributed by atoms with Gasteiger partial charge in [-0.1, -0.05) is 36.3 Å². The monoisotopic (exact) mass is 144 g/mol. The second-order valence-corrected chi connectivity index (χ2v) is 2.55. The molecule has 0 spiro atoms. The van der Waals surface area contributed by atoms with Crippen LogP contribution in [0.1, 0.15) is 11.7 Å². The highest BCUT2D eigenvalue weighted by Gasteiger charge is 2.38. The van der Waals surface area contributed by atoms with Crippen LogP contribution in [0, 0.1) is 12.3 Å². The van der Waals surface area contributed by atoms with E-state index in [1.165, 1.54) is 5.56 Å². The molecule has 1 aromatic carbocycles. The lowest BCUT2D eigenvalue weighted by atomic mass is 10.1. The zero-order valence-corrected chi connectivity index (χ0v) is 6.03. The van der Waals surface area contributed by atoms with E-state index in [-0.39, 0.29) is 12.2 Å². The highest BCUT2D eigenvalue weighted by atomic mass is 16.6. The molecule has 1 fully saturated rings. The smallest absolute Gasteiger partial charge is 0.149 e. The molecule has 1 heterocycles. The summed E-state index contributed by atoms with van der Waals surface area (Å²) in [6.45, 7) is 0. The fourth-order valence-electron chi connectivity index (χ4n) is 1.14. The van der Waals surface area contributed by atoms with Crippen molar-refractivity contribution in [2.24, 2.45) is 0 Å². The molecule has 0 unspecified atom stereocenters. The van der Waals surface area contributed by atoms with E-state index in [0.29, 0.717) is 0 Å². The number of hydrogen-bond donors (Lipinski definition) is 0. The van der Waals surface area contributed by atoms with Crippen LogP contribution < -0.4 is 0 Å². The zero-order chi connectivity index (χ0) is 7.68. The first-order valence-electron chi connectivity index (χ1n) is 3.58. The zero-order valence-electron chi connectivity index (χ0n) is 6.03. The molecule has 0 saturated carbocycles. The van der Waals surface area contributed by atoms with E-state index in [4.69, 9.17) is 11.2 Å². The highest BCUT2D eigenvalue weighted by Crippen LogP contribution is 2.37. The minimum atomic E-state index is 0.0115. The number of hydrogen-bond acceptors (Lipinski definition) is 1. The maximum atomic E-state index is 5.22. The van der Waals surface area contributed by atoms with Crippen LogP contribution in [0.2, 0.25) is 0 Å². The van der Waals surface area contributed by atoms with Gasteiger partial charge >= 0.3 is 0 Å². The van der Waals surface area contributed by atoms with E-state index in [0.717, 1.165) is 0 Å². The SMILES string of the molecule is C#C[C@H]1O[C@@H]1c1ccccc1. The van der Waals surface area contributed by atoms with Crippen molar-refractivity contribution in [3.8, 4) is 12.3 Å². The molecule has 11 heavy (non-hydrogen) atoms.